The maximum atomic E-state index is 5.95. The summed E-state index contributed by atoms with van der Waals surface area (Å²) in [6.45, 7) is 7.22. The Morgan fingerprint density at radius 2 is 1.71 bits per heavy atom. The number of ether oxygens (including phenoxy) is 3. The van der Waals surface area contributed by atoms with E-state index >= 15 is 0 Å². The molecule has 0 saturated carbocycles. The molecule has 0 aromatic heterocycles. The van der Waals surface area contributed by atoms with Gasteiger partial charge in [0.25, 0.3) is 0 Å². The summed E-state index contributed by atoms with van der Waals surface area (Å²) in [6.07, 6.45) is 2.79. The standard InChI is InChI=1S/C21H26O3/c1-5-9-18(15-24-14-17-10-7-6-8-11-17)19-13-21(23-4)20(22-3)12-16(19)2/h5-8,10-13,18H,1,9,14-15H2,2-4H3. The maximum Gasteiger partial charge on any atom is 0.161 e. The molecule has 2 aromatic carbocycles. The molecule has 0 aliphatic rings. The second-order valence-electron chi connectivity index (χ2n) is 5.79. The van der Waals surface area contributed by atoms with Gasteiger partial charge in [0.05, 0.1) is 27.4 Å². The third-order valence-electron chi connectivity index (χ3n) is 4.09. The lowest BCUT2D eigenvalue weighted by Crippen LogP contribution is -2.10. The quantitative estimate of drug-likeness (QED) is 0.614. The van der Waals surface area contributed by atoms with Crippen molar-refractivity contribution in [3.8, 4) is 11.5 Å². The fourth-order valence-corrected chi connectivity index (χ4v) is 2.82. The van der Waals surface area contributed by atoms with Gasteiger partial charge in [-0.05, 0) is 42.2 Å². The van der Waals surface area contributed by atoms with Crippen LogP contribution in [0.1, 0.15) is 29.0 Å². The van der Waals surface area contributed by atoms with Crippen molar-refractivity contribution in [3.63, 3.8) is 0 Å². The Hall–Kier alpha value is -2.26. The van der Waals surface area contributed by atoms with E-state index in [9.17, 15) is 0 Å². The fourth-order valence-electron chi connectivity index (χ4n) is 2.82. The van der Waals surface area contributed by atoms with E-state index in [2.05, 4.69) is 25.6 Å². The SMILES string of the molecule is C=CCC(COCc1ccccc1)c1cc(OC)c(OC)cc1C. The maximum absolute atomic E-state index is 5.95. The highest BCUT2D eigenvalue weighted by Gasteiger charge is 2.17. The summed E-state index contributed by atoms with van der Waals surface area (Å²) in [5.74, 6) is 1.74. The summed E-state index contributed by atoms with van der Waals surface area (Å²) in [7, 11) is 3.31. The van der Waals surface area contributed by atoms with E-state index in [1.54, 1.807) is 14.2 Å². The van der Waals surface area contributed by atoms with Crippen LogP contribution in [0.5, 0.6) is 11.5 Å². The van der Waals surface area contributed by atoms with Crippen LogP contribution >= 0.6 is 0 Å². The molecule has 0 saturated heterocycles. The van der Waals surface area contributed by atoms with Gasteiger partial charge in [0.1, 0.15) is 0 Å². The molecule has 0 amide bonds. The van der Waals surface area contributed by atoms with E-state index in [-0.39, 0.29) is 5.92 Å². The highest BCUT2D eigenvalue weighted by molar-refractivity contribution is 5.48. The Bertz CT molecular complexity index is 650. The number of methoxy groups -OCH3 is 2. The van der Waals surface area contributed by atoms with Crippen molar-refractivity contribution < 1.29 is 14.2 Å². The van der Waals surface area contributed by atoms with Crippen molar-refractivity contribution in [2.45, 2.75) is 25.9 Å². The topological polar surface area (TPSA) is 27.7 Å². The first-order chi connectivity index (χ1) is 11.7. The zero-order chi connectivity index (χ0) is 17.4. The number of aryl methyl sites for hydroxylation is 1. The Morgan fingerprint density at radius 1 is 1.04 bits per heavy atom. The van der Waals surface area contributed by atoms with Crippen LogP contribution in [0, 0.1) is 6.92 Å². The van der Waals surface area contributed by atoms with Crippen molar-refractivity contribution in [3.05, 3.63) is 71.8 Å². The molecule has 3 nitrogen and oxygen atoms in total. The van der Waals surface area contributed by atoms with Crippen LogP contribution in [0.25, 0.3) is 0 Å². The Morgan fingerprint density at radius 3 is 2.33 bits per heavy atom. The summed E-state index contributed by atoms with van der Waals surface area (Å²) < 4.78 is 16.8. The predicted octanol–water partition coefficient (Wildman–Crippen LogP) is 4.89. The smallest absolute Gasteiger partial charge is 0.161 e. The molecule has 0 aliphatic heterocycles. The van der Waals surface area contributed by atoms with Gasteiger partial charge in [-0.1, -0.05) is 36.4 Å². The average Bonchev–Trinajstić information content (AvgIpc) is 2.61. The molecule has 1 atom stereocenters. The van der Waals surface area contributed by atoms with E-state index in [0.717, 1.165) is 17.9 Å². The van der Waals surface area contributed by atoms with Crippen LogP contribution in [0.4, 0.5) is 0 Å². The number of allylic oxidation sites excluding steroid dienone is 1. The van der Waals surface area contributed by atoms with Gasteiger partial charge in [0.15, 0.2) is 11.5 Å². The lowest BCUT2D eigenvalue weighted by Gasteiger charge is -2.20. The molecule has 0 aliphatic carbocycles. The summed E-state index contributed by atoms with van der Waals surface area (Å²) >= 11 is 0. The monoisotopic (exact) mass is 326 g/mol. The minimum absolute atomic E-state index is 0.242. The molecule has 2 rings (SSSR count). The van der Waals surface area contributed by atoms with Crippen molar-refractivity contribution in [1.82, 2.24) is 0 Å². The fraction of sp³-hybridized carbons (Fsp3) is 0.333. The second-order valence-corrected chi connectivity index (χ2v) is 5.79. The normalized spacial score (nSPS) is 11.8. The zero-order valence-electron chi connectivity index (χ0n) is 14.7. The highest BCUT2D eigenvalue weighted by Crippen LogP contribution is 2.35. The van der Waals surface area contributed by atoms with Crippen LogP contribution in [0.3, 0.4) is 0 Å². The molecule has 1 unspecified atom stereocenters. The van der Waals surface area contributed by atoms with E-state index in [0.29, 0.717) is 13.2 Å². The van der Waals surface area contributed by atoms with Gasteiger partial charge in [-0.2, -0.15) is 0 Å². The summed E-state index contributed by atoms with van der Waals surface area (Å²) in [5.41, 5.74) is 3.56. The van der Waals surface area contributed by atoms with Gasteiger partial charge in [-0.25, -0.2) is 0 Å². The first-order valence-corrected chi connectivity index (χ1v) is 8.14. The third-order valence-corrected chi connectivity index (χ3v) is 4.09. The molecular formula is C21H26O3. The third kappa shape index (κ3) is 4.62. The first-order valence-electron chi connectivity index (χ1n) is 8.14. The summed E-state index contributed by atoms with van der Waals surface area (Å²) in [4.78, 5) is 0. The number of benzene rings is 2. The number of hydrogen-bond donors (Lipinski definition) is 0. The van der Waals surface area contributed by atoms with Gasteiger partial charge in [0.2, 0.25) is 0 Å². The molecule has 0 bridgehead atoms. The second kappa shape index (κ2) is 9.14. The molecule has 128 valence electrons. The summed E-state index contributed by atoms with van der Waals surface area (Å²) in [6, 6.07) is 14.3. The molecule has 24 heavy (non-hydrogen) atoms. The van der Waals surface area contributed by atoms with Crippen molar-refractivity contribution in [1.29, 1.82) is 0 Å². The molecule has 3 heteroatoms. The van der Waals surface area contributed by atoms with Gasteiger partial charge >= 0.3 is 0 Å². The molecular weight excluding hydrogens is 300 g/mol. The van der Waals surface area contributed by atoms with Crippen LogP contribution in [-0.2, 0) is 11.3 Å². The number of rotatable bonds is 9. The van der Waals surface area contributed by atoms with Crippen LogP contribution < -0.4 is 9.47 Å². The average molecular weight is 326 g/mol. The summed E-state index contributed by atoms with van der Waals surface area (Å²) in [5, 5.41) is 0. The Labute approximate surface area is 144 Å². The van der Waals surface area contributed by atoms with Crippen molar-refractivity contribution in [2.24, 2.45) is 0 Å². The van der Waals surface area contributed by atoms with Gasteiger partial charge < -0.3 is 14.2 Å². The van der Waals surface area contributed by atoms with Crippen LogP contribution in [0.15, 0.2) is 55.1 Å². The molecule has 0 N–H and O–H groups in total. The molecule has 2 aromatic rings. The minimum Gasteiger partial charge on any atom is -0.493 e. The van der Waals surface area contributed by atoms with Crippen LogP contribution in [-0.4, -0.2) is 20.8 Å². The van der Waals surface area contributed by atoms with E-state index in [4.69, 9.17) is 14.2 Å². The lowest BCUT2D eigenvalue weighted by atomic mass is 9.92. The molecule has 0 spiro atoms. The Balaban J connectivity index is 2.13. The van der Waals surface area contributed by atoms with E-state index in [1.807, 2.05) is 36.4 Å². The van der Waals surface area contributed by atoms with E-state index in [1.165, 1.54) is 16.7 Å². The van der Waals surface area contributed by atoms with Crippen molar-refractivity contribution >= 4 is 0 Å². The van der Waals surface area contributed by atoms with Crippen molar-refractivity contribution in [2.75, 3.05) is 20.8 Å². The van der Waals surface area contributed by atoms with Crippen LogP contribution in [0.2, 0.25) is 0 Å². The lowest BCUT2D eigenvalue weighted by molar-refractivity contribution is 0.107. The Kier molecular flexibility index (Phi) is 6.89. The predicted molar refractivity (Wildman–Crippen MR) is 97.9 cm³/mol. The zero-order valence-corrected chi connectivity index (χ0v) is 14.7. The van der Waals surface area contributed by atoms with Gasteiger partial charge in [0, 0.05) is 5.92 Å². The van der Waals surface area contributed by atoms with Gasteiger partial charge in [-0.3, -0.25) is 0 Å². The molecule has 0 radical (unpaired) electrons. The molecule has 0 fully saturated rings. The largest absolute Gasteiger partial charge is 0.493 e. The van der Waals surface area contributed by atoms with E-state index < -0.39 is 0 Å². The first kappa shape index (κ1) is 18.1. The molecule has 0 heterocycles. The number of hydrogen-bond acceptors (Lipinski definition) is 3. The minimum atomic E-state index is 0.242. The highest BCUT2D eigenvalue weighted by atomic mass is 16.5. The van der Waals surface area contributed by atoms with Gasteiger partial charge in [-0.15, -0.1) is 6.58 Å².